The molecule has 2 aliphatic rings. The van der Waals surface area contributed by atoms with Crippen LogP contribution in [-0.2, 0) is 4.79 Å². The van der Waals surface area contributed by atoms with E-state index in [1.165, 1.54) is 0 Å². The lowest BCUT2D eigenvalue weighted by molar-refractivity contribution is -0.116. The smallest absolute Gasteiger partial charge is 0.233 e. The molecule has 0 unspecified atom stereocenters. The SMILES string of the molecule is CCOc1cc([C@@H]2C3=C(C[C@@H](c4ccc(O)cc4)CC3=O)Nc3onc(C)c32)ccc1O. The fourth-order valence-corrected chi connectivity index (χ4v) is 4.77. The van der Waals surface area contributed by atoms with Crippen molar-refractivity contribution < 1.29 is 24.3 Å². The van der Waals surface area contributed by atoms with Crippen molar-refractivity contribution in [3.05, 3.63) is 76.1 Å². The van der Waals surface area contributed by atoms with E-state index in [0.717, 1.165) is 22.4 Å². The molecule has 5 rings (SSSR count). The second kappa shape index (κ2) is 7.75. The van der Waals surface area contributed by atoms with Crippen molar-refractivity contribution in [1.29, 1.82) is 0 Å². The molecule has 0 saturated carbocycles. The molecule has 0 amide bonds. The van der Waals surface area contributed by atoms with Gasteiger partial charge in [0.25, 0.3) is 0 Å². The molecule has 0 spiro atoms. The predicted molar refractivity (Wildman–Crippen MR) is 118 cm³/mol. The van der Waals surface area contributed by atoms with Gasteiger partial charge < -0.3 is 24.8 Å². The number of Topliss-reactive ketones (excluding diaryl/α,β-unsaturated/α-hetero) is 1. The molecule has 2 heterocycles. The summed E-state index contributed by atoms with van der Waals surface area (Å²) < 4.78 is 11.1. The lowest BCUT2D eigenvalue weighted by Crippen LogP contribution is -2.29. The zero-order valence-electron chi connectivity index (χ0n) is 17.9. The topological polar surface area (TPSA) is 105 Å². The van der Waals surface area contributed by atoms with Gasteiger partial charge in [0, 0.05) is 23.6 Å². The number of allylic oxidation sites excluding steroid dienone is 2. The number of aryl methyl sites for hydroxylation is 1. The summed E-state index contributed by atoms with van der Waals surface area (Å²) in [7, 11) is 0. The van der Waals surface area contributed by atoms with Gasteiger partial charge in [0.2, 0.25) is 5.88 Å². The average molecular weight is 432 g/mol. The maximum Gasteiger partial charge on any atom is 0.233 e. The lowest BCUT2D eigenvalue weighted by Gasteiger charge is -2.34. The Balaban J connectivity index is 1.61. The molecule has 7 nitrogen and oxygen atoms in total. The molecular formula is C25H24N2O5. The summed E-state index contributed by atoms with van der Waals surface area (Å²) in [5.41, 5.74) is 4.90. The molecule has 3 N–H and O–H groups in total. The molecule has 3 aromatic rings. The second-order valence-corrected chi connectivity index (χ2v) is 8.24. The Labute approximate surface area is 185 Å². The number of phenols is 2. The summed E-state index contributed by atoms with van der Waals surface area (Å²) in [5, 5.41) is 27.2. The Hall–Kier alpha value is -3.74. The van der Waals surface area contributed by atoms with E-state index in [4.69, 9.17) is 9.26 Å². The van der Waals surface area contributed by atoms with Gasteiger partial charge in [-0.3, -0.25) is 4.79 Å². The van der Waals surface area contributed by atoms with Crippen LogP contribution in [0.2, 0.25) is 0 Å². The number of anilines is 1. The molecule has 0 fully saturated rings. The van der Waals surface area contributed by atoms with E-state index < -0.39 is 0 Å². The Kier molecular flexibility index (Phi) is 4.89. The van der Waals surface area contributed by atoms with Crippen molar-refractivity contribution in [1.82, 2.24) is 5.16 Å². The third kappa shape index (κ3) is 3.30. The van der Waals surface area contributed by atoms with Crippen LogP contribution < -0.4 is 10.1 Å². The van der Waals surface area contributed by atoms with Crippen LogP contribution >= 0.6 is 0 Å². The van der Waals surface area contributed by atoms with E-state index in [0.29, 0.717) is 42.3 Å². The number of ketones is 1. The number of nitrogens with zero attached hydrogens (tertiary/aromatic N) is 1. The Morgan fingerprint density at radius 3 is 2.62 bits per heavy atom. The van der Waals surface area contributed by atoms with Crippen LogP contribution in [0.25, 0.3) is 0 Å². The molecule has 2 aromatic carbocycles. The van der Waals surface area contributed by atoms with Gasteiger partial charge in [0.1, 0.15) is 5.75 Å². The van der Waals surface area contributed by atoms with E-state index >= 15 is 0 Å². The van der Waals surface area contributed by atoms with Crippen molar-refractivity contribution in [2.45, 2.75) is 38.5 Å². The molecule has 0 saturated heterocycles. The van der Waals surface area contributed by atoms with Crippen LogP contribution in [0.3, 0.4) is 0 Å². The van der Waals surface area contributed by atoms with Gasteiger partial charge in [-0.05, 0) is 61.6 Å². The minimum absolute atomic E-state index is 0.000582. The number of fused-ring (bicyclic) bond motifs is 1. The fraction of sp³-hybridized carbons (Fsp3) is 0.280. The van der Waals surface area contributed by atoms with E-state index in [-0.39, 0.29) is 29.1 Å². The zero-order chi connectivity index (χ0) is 22.4. The molecule has 1 aliphatic carbocycles. The monoisotopic (exact) mass is 432 g/mol. The number of hydrogen-bond donors (Lipinski definition) is 3. The first-order valence-electron chi connectivity index (χ1n) is 10.7. The van der Waals surface area contributed by atoms with E-state index in [1.807, 2.05) is 32.0 Å². The van der Waals surface area contributed by atoms with Gasteiger partial charge in [-0.15, -0.1) is 0 Å². The van der Waals surface area contributed by atoms with Crippen LogP contribution in [-0.4, -0.2) is 27.8 Å². The highest BCUT2D eigenvalue weighted by atomic mass is 16.5. The van der Waals surface area contributed by atoms with Crippen LogP contribution in [0.5, 0.6) is 17.2 Å². The number of ether oxygens (including phenoxy) is 1. The third-order valence-corrected chi connectivity index (χ3v) is 6.24. The summed E-state index contributed by atoms with van der Waals surface area (Å²) >= 11 is 0. The van der Waals surface area contributed by atoms with Crippen LogP contribution in [0, 0.1) is 6.92 Å². The van der Waals surface area contributed by atoms with Crippen molar-refractivity contribution in [3.63, 3.8) is 0 Å². The first-order valence-corrected chi connectivity index (χ1v) is 10.7. The highest BCUT2D eigenvalue weighted by Crippen LogP contribution is 2.50. The Morgan fingerprint density at radius 2 is 1.88 bits per heavy atom. The fourth-order valence-electron chi connectivity index (χ4n) is 4.77. The molecule has 0 bridgehead atoms. The van der Waals surface area contributed by atoms with Crippen molar-refractivity contribution >= 4 is 11.7 Å². The Morgan fingerprint density at radius 1 is 1.12 bits per heavy atom. The normalized spacial score (nSPS) is 19.9. The van der Waals surface area contributed by atoms with Crippen LogP contribution in [0.1, 0.15) is 54.0 Å². The number of aromatic nitrogens is 1. The highest BCUT2D eigenvalue weighted by Gasteiger charge is 2.41. The van der Waals surface area contributed by atoms with Crippen molar-refractivity contribution in [2.75, 3.05) is 11.9 Å². The summed E-state index contributed by atoms with van der Waals surface area (Å²) in [6, 6.07) is 12.2. The quantitative estimate of drug-likeness (QED) is 0.546. The number of hydrogen-bond acceptors (Lipinski definition) is 7. The number of phenolic OH excluding ortho intramolecular Hbond substituents is 2. The maximum absolute atomic E-state index is 13.5. The molecular weight excluding hydrogens is 408 g/mol. The summed E-state index contributed by atoms with van der Waals surface area (Å²) in [5.74, 6) is 0.872. The van der Waals surface area contributed by atoms with E-state index in [9.17, 15) is 15.0 Å². The van der Waals surface area contributed by atoms with Crippen LogP contribution in [0.4, 0.5) is 5.88 Å². The third-order valence-electron chi connectivity index (χ3n) is 6.24. The molecule has 1 aliphatic heterocycles. The summed E-state index contributed by atoms with van der Waals surface area (Å²) in [4.78, 5) is 13.5. The predicted octanol–water partition coefficient (Wildman–Crippen LogP) is 4.75. The van der Waals surface area contributed by atoms with Gasteiger partial charge in [-0.25, -0.2) is 0 Å². The number of carbonyl (C=O) groups is 1. The number of benzene rings is 2. The van der Waals surface area contributed by atoms with Crippen molar-refractivity contribution in [2.24, 2.45) is 0 Å². The van der Waals surface area contributed by atoms with E-state index in [1.54, 1.807) is 24.3 Å². The molecule has 2 atom stereocenters. The summed E-state index contributed by atoms with van der Waals surface area (Å²) in [6.07, 6.45) is 1.01. The molecule has 1 aromatic heterocycles. The van der Waals surface area contributed by atoms with Gasteiger partial charge in [-0.2, -0.15) is 0 Å². The van der Waals surface area contributed by atoms with Gasteiger partial charge >= 0.3 is 0 Å². The summed E-state index contributed by atoms with van der Waals surface area (Å²) in [6.45, 7) is 4.13. The maximum atomic E-state index is 13.5. The minimum atomic E-state index is -0.361. The first-order chi connectivity index (χ1) is 15.5. The largest absolute Gasteiger partial charge is 0.508 e. The standard InChI is InChI=1S/C25H24N2O5/c1-3-31-21-12-15(6-9-19(21)29)23-22-13(2)27-32-25(22)26-18-10-16(11-20(30)24(18)23)14-4-7-17(28)8-5-14/h4-9,12,16,23,26,28-29H,3,10-11H2,1-2H3/t16-,23+/m1/s1. The lowest BCUT2D eigenvalue weighted by atomic mass is 9.72. The van der Waals surface area contributed by atoms with Gasteiger partial charge in [0.05, 0.1) is 17.9 Å². The minimum Gasteiger partial charge on any atom is -0.508 e. The van der Waals surface area contributed by atoms with Gasteiger partial charge in [0.15, 0.2) is 17.3 Å². The molecule has 7 heteroatoms. The number of aromatic hydroxyl groups is 2. The van der Waals surface area contributed by atoms with E-state index in [2.05, 4.69) is 10.5 Å². The molecule has 0 radical (unpaired) electrons. The highest BCUT2D eigenvalue weighted by molar-refractivity contribution is 6.01. The second-order valence-electron chi connectivity index (χ2n) is 8.24. The number of nitrogens with one attached hydrogen (secondary N) is 1. The number of rotatable bonds is 4. The average Bonchev–Trinajstić information content (AvgIpc) is 3.15. The molecule has 32 heavy (non-hydrogen) atoms. The molecule has 164 valence electrons. The Bertz CT molecular complexity index is 1230. The first kappa shape index (κ1) is 20.2. The zero-order valence-corrected chi connectivity index (χ0v) is 17.9. The van der Waals surface area contributed by atoms with Crippen LogP contribution in [0.15, 0.2) is 58.3 Å². The van der Waals surface area contributed by atoms with Gasteiger partial charge in [-0.1, -0.05) is 23.4 Å². The van der Waals surface area contributed by atoms with Crippen molar-refractivity contribution in [3.8, 4) is 17.2 Å². The number of carbonyl (C=O) groups excluding carboxylic acids is 1.